The molecule has 0 spiro atoms. The molecular formula is C15H22IN5O2. The van der Waals surface area contributed by atoms with Crippen LogP contribution in [0.25, 0.3) is 0 Å². The second-order valence-corrected chi connectivity index (χ2v) is 5.38. The lowest BCUT2D eigenvalue weighted by Crippen LogP contribution is -2.62. The van der Waals surface area contributed by atoms with Crippen molar-refractivity contribution in [3.8, 4) is 0 Å². The first kappa shape index (κ1) is 17.8. The highest BCUT2D eigenvalue weighted by atomic mass is 127. The number of halogens is 1. The van der Waals surface area contributed by atoms with Gasteiger partial charge in [-0.1, -0.05) is 0 Å². The first-order valence-corrected chi connectivity index (χ1v) is 7.69. The van der Waals surface area contributed by atoms with Gasteiger partial charge in [-0.3, -0.25) is 4.99 Å². The second kappa shape index (κ2) is 8.32. The minimum absolute atomic E-state index is 0. The van der Waals surface area contributed by atoms with Crippen LogP contribution in [0.15, 0.2) is 23.3 Å². The van der Waals surface area contributed by atoms with E-state index in [0.717, 1.165) is 44.4 Å². The van der Waals surface area contributed by atoms with Crippen molar-refractivity contribution in [1.29, 1.82) is 0 Å². The minimum Gasteiger partial charge on any atom is -0.462 e. The van der Waals surface area contributed by atoms with Gasteiger partial charge in [0.1, 0.15) is 5.82 Å². The Bertz CT molecular complexity index is 557. The number of carbonyl (C=O) groups is 1. The van der Waals surface area contributed by atoms with Crippen molar-refractivity contribution in [1.82, 2.24) is 15.6 Å². The molecule has 0 atom stereocenters. The molecule has 1 fully saturated rings. The third kappa shape index (κ3) is 4.46. The summed E-state index contributed by atoms with van der Waals surface area (Å²) in [6.45, 7) is 5.80. The highest BCUT2D eigenvalue weighted by Gasteiger charge is 2.28. The lowest BCUT2D eigenvalue weighted by Gasteiger charge is -2.41. The predicted octanol–water partition coefficient (Wildman–Crippen LogP) is 1.00. The van der Waals surface area contributed by atoms with E-state index >= 15 is 0 Å². The molecule has 23 heavy (non-hydrogen) atoms. The van der Waals surface area contributed by atoms with Gasteiger partial charge in [0.05, 0.1) is 18.2 Å². The zero-order valence-corrected chi connectivity index (χ0v) is 15.4. The summed E-state index contributed by atoms with van der Waals surface area (Å²) in [5.41, 5.74) is 0.488. The molecule has 2 aliphatic rings. The van der Waals surface area contributed by atoms with Crippen molar-refractivity contribution in [3.05, 3.63) is 23.9 Å². The Hall–Kier alpha value is -1.58. The fourth-order valence-electron chi connectivity index (χ4n) is 2.49. The SMILES string of the molecule is CCOC(=O)c1ccc(N2CC(NC3=NCCCN3)C2)nc1.I. The average molecular weight is 431 g/mol. The van der Waals surface area contributed by atoms with Crippen LogP contribution in [0.4, 0.5) is 5.82 Å². The number of hydrogen-bond acceptors (Lipinski definition) is 7. The number of ether oxygens (including phenoxy) is 1. The zero-order chi connectivity index (χ0) is 15.4. The molecule has 1 saturated heterocycles. The van der Waals surface area contributed by atoms with Crippen LogP contribution in [0.5, 0.6) is 0 Å². The standard InChI is InChI=1S/C15H21N5O2.HI/c1-2-22-14(21)11-4-5-13(18-8-11)20-9-12(10-20)19-15-16-6-3-7-17-15;/h4-5,8,12H,2-3,6-7,9-10H2,1H3,(H2,16,17,19);1H. The Kier molecular flexibility index (Phi) is 6.43. The van der Waals surface area contributed by atoms with E-state index < -0.39 is 0 Å². The maximum absolute atomic E-state index is 11.6. The monoisotopic (exact) mass is 431 g/mol. The summed E-state index contributed by atoms with van der Waals surface area (Å²) >= 11 is 0. The number of esters is 1. The first-order chi connectivity index (χ1) is 10.8. The molecule has 0 saturated carbocycles. The quantitative estimate of drug-likeness (QED) is 0.548. The van der Waals surface area contributed by atoms with E-state index in [-0.39, 0.29) is 29.9 Å². The van der Waals surface area contributed by atoms with E-state index in [0.29, 0.717) is 18.2 Å². The minimum atomic E-state index is -0.328. The van der Waals surface area contributed by atoms with Crippen LogP contribution in [0.1, 0.15) is 23.7 Å². The van der Waals surface area contributed by atoms with Crippen molar-refractivity contribution < 1.29 is 9.53 Å². The van der Waals surface area contributed by atoms with Crippen LogP contribution in [0, 0.1) is 0 Å². The van der Waals surface area contributed by atoms with Crippen molar-refractivity contribution in [2.24, 2.45) is 4.99 Å². The van der Waals surface area contributed by atoms with Gasteiger partial charge in [-0.15, -0.1) is 24.0 Å². The van der Waals surface area contributed by atoms with Crippen molar-refractivity contribution in [2.75, 3.05) is 37.7 Å². The van der Waals surface area contributed by atoms with Crippen LogP contribution in [-0.2, 0) is 4.74 Å². The van der Waals surface area contributed by atoms with E-state index in [1.807, 2.05) is 6.07 Å². The van der Waals surface area contributed by atoms with Gasteiger partial charge in [0.2, 0.25) is 0 Å². The van der Waals surface area contributed by atoms with Crippen LogP contribution in [0.2, 0.25) is 0 Å². The molecular weight excluding hydrogens is 409 g/mol. The zero-order valence-electron chi connectivity index (χ0n) is 13.1. The number of aliphatic imine (C=N–C) groups is 1. The van der Waals surface area contributed by atoms with Gasteiger partial charge in [-0.2, -0.15) is 0 Å². The highest BCUT2D eigenvalue weighted by Crippen LogP contribution is 2.18. The molecule has 3 heterocycles. The molecule has 126 valence electrons. The van der Waals surface area contributed by atoms with Gasteiger partial charge < -0.3 is 20.3 Å². The number of anilines is 1. The van der Waals surface area contributed by atoms with Gasteiger partial charge in [0, 0.05) is 32.4 Å². The molecule has 7 nitrogen and oxygen atoms in total. The van der Waals surface area contributed by atoms with Crippen LogP contribution >= 0.6 is 24.0 Å². The summed E-state index contributed by atoms with van der Waals surface area (Å²) in [6, 6.07) is 4.00. The summed E-state index contributed by atoms with van der Waals surface area (Å²) in [6.07, 6.45) is 2.67. The fourth-order valence-corrected chi connectivity index (χ4v) is 2.49. The molecule has 0 aromatic carbocycles. The smallest absolute Gasteiger partial charge is 0.339 e. The van der Waals surface area contributed by atoms with Gasteiger partial charge >= 0.3 is 5.97 Å². The van der Waals surface area contributed by atoms with Gasteiger partial charge in [-0.25, -0.2) is 9.78 Å². The summed E-state index contributed by atoms with van der Waals surface area (Å²) in [7, 11) is 0. The van der Waals surface area contributed by atoms with Gasteiger partial charge in [0.25, 0.3) is 0 Å². The Balaban J connectivity index is 0.00000192. The van der Waals surface area contributed by atoms with E-state index in [1.165, 1.54) is 0 Å². The fraction of sp³-hybridized carbons (Fsp3) is 0.533. The summed E-state index contributed by atoms with van der Waals surface area (Å²) in [5.74, 6) is 1.46. The predicted molar refractivity (Wildman–Crippen MR) is 99.7 cm³/mol. The lowest BCUT2D eigenvalue weighted by atomic mass is 10.1. The van der Waals surface area contributed by atoms with E-state index in [4.69, 9.17) is 4.74 Å². The number of hydrogen-bond donors (Lipinski definition) is 2. The maximum atomic E-state index is 11.6. The number of guanidine groups is 1. The molecule has 0 radical (unpaired) electrons. The third-order valence-corrected chi connectivity index (χ3v) is 3.70. The first-order valence-electron chi connectivity index (χ1n) is 7.69. The van der Waals surface area contributed by atoms with Crippen molar-refractivity contribution in [3.63, 3.8) is 0 Å². The van der Waals surface area contributed by atoms with E-state index in [1.54, 1.807) is 19.2 Å². The number of rotatable bonds is 4. The third-order valence-electron chi connectivity index (χ3n) is 3.70. The molecule has 1 aromatic heterocycles. The molecule has 0 unspecified atom stereocenters. The molecule has 2 N–H and O–H groups in total. The number of aromatic nitrogens is 1. The largest absolute Gasteiger partial charge is 0.462 e. The highest BCUT2D eigenvalue weighted by molar-refractivity contribution is 14.0. The Labute approximate surface area is 152 Å². The summed E-state index contributed by atoms with van der Waals surface area (Å²) < 4.78 is 4.95. The molecule has 0 bridgehead atoms. The van der Waals surface area contributed by atoms with Gasteiger partial charge in [0.15, 0.2) is 5.96 Å². The van der Waals surface area contributed by atoms with Crippen LogP contribution in [-0.4, -0.2) is 55.7 Å². The molecule has 3 rings (SSSR count). The van der Waals surface area contributed by atoms with E-state index in [2.05, 4.69) is 25.5 Å². The Morgan fingerprint density at radius 3 is 2.91 bits per heavy atom. The van der Waals surface area contributed by atoms with Crippen LogP contribution in [0.3, 0.4) is 0 Å². The molecule has 0 aliphatic carbocycles. The molecule has 2 aliphatic heterocycles. The molecule has 8 heteroatoms. The van der Waals surface area contributed by atoms with Gasteiger partial charge in [-0.05, 0) is 25.5 Å². The van der Waals surface area contributed by atoms with E-state index in [9.17, 15) is 4.79 Å². The summed E-state index contributed by atoms with van der Waals surface area (Å²) in [4.78, 5) is 22.5. The number of nitrogens with one attached hydrogen (secondary N) is 2. The normalized spacial score (nSPS) is 17.3. The number of pyridine rings is 1. The second-order valence-electron chi connectivity index (χ2n) is 5.38. The van der Waals surface area contributed by atoms with Crippen molar-refractivity contribution in [2.45, 2.75) is 19.4 Å². The molecule has 0 amide bonds. The number of carbonyl (C=O) groups excluding carboxylic acids is 1. The molecule has 1 aromatic rings. The number of nitrogens with zero attached hydrogens (tertiary/aromatic N) is 3. The van der Waals surface area contributed by atoms with Crippen molar-refractivity contribution >= 4 is 41.7 Å². The Morgan fingerprint density at radius 1 is 1.48 bits per heavy atom. The maximum Gasteiger partial charge on any atom is 0.339 e. The lowest BCUT2D eigenvalue weighted by molar-refractivity contribution is 0.0526. The average Bonchev–Trinajstić information content (AvgIpc) is 2.52. The van der Waals surface area contributed by atoms with Crippen LogP contribution < -0.4 is 15.5 Å². The Morgan fingerprint density at radius 2 is 2.30 bits per heavy atom. The summed E-state index contributed by atoms with van der Waals surface area (Å²) in [5, 5.41) is 6.65. The topological polar surface area (TPSA) is 78.8 Å².